The second-order valence-corrected chi connectivity index (χ2v) is 6.21. The molecule has 1 saturated heterocycles. The molecule has 0 aromatic heterocycles. The molecule has 1 aliphatic carbocycles. The van der Waals surface area contributed by atoms with Crippen molar-refractivity contribution in [1.29, 1.82) is 0 Å². The average molecular weight is 273 g/mol. The van der Waals surface area contributed by atoms with Crippen molar-refractivity contribution in [3.8, 4) is 0 Å². The van der Waals surface area contributed by atoms with E-state index in [0.29, 0.717) is 12.1 Å². The van der Waals surface area contributed by atoms with Crippen LogP contribution in [-0.2, 0) is 4.79 Å². The lowest BCUT2D eigenvalue weighted by atomic mass is 10.2. The number of likely N-dealkylation sites (N-methyl/N-ethyl adjacent to an activating group) is 1. The molecule has 2 N–H and O–H groups in total. The molecule has 1 aliphatic heterocycles. The first-order valence-electron chi connectivity index (χ1n) is 7.49. The number of hydrogen-bond donors (Lipinski definition) is 2. The first-order chi connectivity index (χ1) is 9.61. The zero-order valence-corrected chi connectivity index (χ0v) is 12.2. The molecule has 2 aliphatic rings. The maximum absolute atomic E-state index is 11.7. The summed E-state index contributed by atoms with van der Waals surface area (Å²) in [5.74, 6) is 0.417. The summed E-state index contributed by atoms with van der Waals surface area (Å²) in [5, 5.41) is 6.53. The lowest BCUT2D eigenvalue weighted by Gasteiger charge is -2.15. The topological polar surface area (TPSA) is 44.4 Å². The fourth-order valence-electron chi connectivity index (χ4n) is 2.77. The minimum Gasteiger partial charge on any atom is -0.381 e. The molecule has 0 bridgehead atoms. The number of carbonyl (C=O) groups is 1. The van der Waals surface area contributed by atoms with Gasteiger partial charge in [-0.2, -0.15) is 0 Å². The molecular formula is C16H23N3O. The van der Waals surface area contributed by atoms with E-state index in [1.54, 1.807) is 0 Å². The Labute approximate surface area is 120 Å². The van der Waals surface area contributed by atoms with Gasteiger partial charge in [-0.1, -0.05) is 0 Å². The van der Waals surface area contributed by atoms with Gasteiger partial charge in [0.1, 0.15) is 0 Å². The van der Waals surface area contributed by atoms with Crippen LogP contribution < -0.4 is 10.6 Å². The second-order valence-electron chi connectivity index (χ2n) is 6.21. The molecule has 1 heterocycles. The molecule has 1 aromatic rings. The number of nitrogens with zero attached hydrogens (tertiary/aromatic N) is 1. The highest BCUT2D eigenvalue weighted by Gasteiger charge is 2.29. The van der Waals surface area contributed by atoms with Crippen LogP contribution in [0, 0.1) is 5.92 Å². The third-order valence-electron chi connectivity index (χ3n) is 4.36. The lowest BCUT2D eigenvalue weighted by Crippen LogP contribution is -2.24. The summed E-state index contributed by atoms with van der Waals surface area (Å²) < 4.78 is 0. The maximum Gasteiger partial charge on any atom is 0.227 e. The van der Waals surface area contributed by atoms with Gasteiger partial charge in [-0.3, -0.25) is 4.79 Å². The molecule has 1 amide bonds. The fourth-order valence-corrected chi connectivity index (χ4v) is 2.77. The third-order valence-corrected chi connectivity index (χ3v) is 4.36. The van der Waals surface area contributed by atoms with Crippen LogP contribution in [0.25, 0.3) is 0 Å². The van der Waals surface area contributed by atoms with Gasteiger partial charge in [0, 0.05) is 35.9 Å². The van der Waals surface area contributed by atoms with Crippen LogP contribution in [-0.4, -0.2) is 36.5 Å². The normalized spacial score (nSPS) is 26.5. The van der Waals surface area contributed by atoms with Crippen LogP contribution in [0.4, 0.5) is 11.4 Å². The molecule has 108 valence electrons. The lowest BCUT2D eigenvalue weighted by molar-refractivity contribution is -0.117. The summed E-state index contributed by atoms with van der Waals surface area (Å²) in [6.07, 6.45) is 3.26. The zero-order chi connectivity index (χ0) is 14.1. The highest BCUT2D eigenvalue weighted by molar-refractivity contribution is 5.94. The van der Waals surface area contributed by atoms with Crippen LogP contribution in [0.2, 0.25) is 0 Å². The quantitative estimate of drug-likeness (QED) is 0.886. The predicted octanol–water partition coefficient (Wildman–Crippen LogP) is 2.54. The van der Waals surface area contributed by atoms with Gasteiger partial charge in [-0.15, -0.1) is 0 Å². The van der Waals surface area contributed by atoms with Gasteiger partial charge in [0.2, 0.25) is 5.91 Å². The third kappa shape index (κ3) is 3.12. The molecule has 0 spiro atoms. The molecule has 20 heavy (non-hydrogen) atoms. The number of carbonyl (C=O) groups excluding carboxylic acids is 1. The van der Waals surface area contributed by atoms with Crippen molar-refractivity contribution in [2.75, 3.05) is 24.2 Å². The summed E-state index contributed by atoms with van der Waals surface area (Å²) >= 11 is 0. The number of rotatable bonds is 4. The van der Waals surface area contributed by atoms with E-state index >= 15 is 0 Å². The summed E-state index contributed by atoms with van der Waals surface area (Å²) in [4.78, 5) is 14.1. The molecule has 1 saturated carbocycles. The number of likely N-dealkylation sites (tertiary alicyclic amines) is 1. The first kappa shape index (κ1) is 13.4. The number of anilines is 2. The second kappa shape index (κ2) is 5.44. The van der Waals surface area contributed by atoms with E-state index in [9.17, 15) is 4.79 Å². The molecule has 2 unspecified atom stereocenters. The average Bonchev–Trinajstić information content (AvgIpc) is 3.20. The Kier molecular flexibility index (Phi) is 3.66. The summed E-state index contributed by atoms with van der Waals surface area (Å²) in [5.41, 5.74) is 2.02. The van der Waals surface area contributed by atoms with E-state index in [2.05, 4.69) is 29.5 Å². The van der Waals surface area contributed by atoms with Gasteiger partial charge in [-0.25, -0.2) is 0 Å². The molecule has 4 heteroatoms. The van der Waals surface area contributed by atoms with Crippen LogP contribution in [0.1, 0.15) is 26.2 Å². The van der Waals surface area contributed by atoms with Crippen molar-refractivity contribution in [1.82, 2.24) is 4.90 Å². The largest absolute Gasteiger partial charge is 0.381 e. The van der Waals surface area contributed by atoms with Gasteiger partial charge in [0.15, 0.2) is 0 Å². The molecule has 1 aromatic carbocycles. The Balaban J connectivity index is 1.54. The summed E-state index contributed by atoms with van der Waals surface area (Å²) in [6.45, 7) is 3.35. The molecular weight excluding hydrogens is 250 g/mol. The minimum atomic E-state index is 0.164. The van der Waals surface area contributed by atoms with Gasteiger partial charge >= 0.3 is 0 Å². The highest BCUT2D eigenvalue weighted by Crippen LogP contribution is 2.30. The molecule has 2 fully saturated rings. The molecule has 4 nitrogen and oxygen atoms in total. The van der Waals surface area contributed by atoms with E-state index in [0.717, 1.165) is 30.8 Å². The number of nitrogens with one attached hydrogen (secondary N) is 2. The van der Waals surface area contributed by atoms with E-state index in [1.807, 2.05) is 24.3 Å². The monoisotopic (exact) mass is 273 g/mol. The van der Waals surface area contributed by atoms with Gasteiger partial charge in [0.05, 0.1) is 0 Å². The van der Waals surface area contributed by atoms with Gasteiger partial charge in [0.25, 0.3) is 0 Å². The first-order valence-corrected chi connectivity index (χ1v) is 7.49. The Morgan fingerprint density at radius 2 is 1.85 bits per heavy atom. The number of benzene rings is 1. The zero-order valence-electron chi connectivity index (χ0n) is 12.2. The molecule has 0 radical (unpaired) electrons. The Morgan fingerprint density at radius 3 is 2.40 bits per heavy atom. The van der Waals surface area contributed by atoms with Crippen LogP contribution in [0.15, 0.2) is 24.3 Å². The van der Waals surface area contributed by atoms with Crippen molar-refractivity contribution in [2.24, 2.45) is 5.92 Å². The standard InChI is InChI=1S/C16H23N3O/c1-11-9-15(10-19(11)2)17-13-5-7-14(8-6-13)18-16(20)12-3-4-12/h5-8,11-12,15,17H,3-4,9-10H2,1-2H3,(H,18,20). The summed E-state index contributed by atoms with van der Waals surface area (Å²) in [7, 11) is 2.17. The molecule has 2 atom stereocenters. The Hall–Kier alpha value is -1.55. The Bertz CT molecular complexity index is 471. The Morgan fingerprint density at radius 1 is 1.20 bits per heavy atom. The maximum atomic E-state index is 11.7. The highest BCUT2D eigenvalue weighted by atomic mass is 16.2. The van der Waals surface area contributed by atoms with E-state index in [1.165, 1.54) is 6.42 Å². The van der Waals surface area contributed by atoms with Crippen LogP contribution in [0.5, 0.6) is 0 Å². The fraction of sp³-hybridized carbons (Fsp3) is 0.562. The van der Waals surface area contributed by atoms with Crippen molar-refractivity contribution in [3.05, 3.63) is 24.3 Å². The van der Waals surface area contributed by atoms with E-state index in [-0.39, 0.29) is 11.8 Å². The van der Waals surface area contributed by atoms with Crippen molar-refractivity contribution in [2.45, 2.75) is 38.3 Å². The van der Waals surface area contributed by atoms with Crippen LogP contribution >= 0.6 is 0 Å². The van der Waals surface area contributed by atoms with Gasteiger partial charge < -0.3 is 15.5 Å². The van der Waals surface area contributed by atoms with Crippen molar-refractivity contribution >= 4 is 17.3 Å². The smallest absolute Gasteiger partial charge is 0.227 e. The van der Waals surface area contributed by atoms with E-state index < -0.39 is 0 Å². The van der Waals surface area contributed by atoms with Crippen molar-refractivity contribution < 1.29 is 4.79 Å². The number of hydrogen-bond acceptors (Lipinski definition) is 3. The predicted molar refractivity (Wildman–Crippen MR) is 81.9 cm³/mol. The summed E-state index contributed by atoms with van der Waals surface area (Å²) in [6, 6.07) is 9.21. The van der Waals surface area contributed by atoms with Gasteiger partial charge in [-0.05, 0) is 57.5 Å². The van der Waals surface area contributed by atoms with Crippen LogP contribution in [0.3, 0.4) is 0 Å². The molecule has 3 rings (SSSR count). The number of amides is 1. The SMILES string of the molecule is CC1CC(Nc2ccc(NC(=O)C3CC3)cc2)CN1C. The minimum absolute atomic E-state index is 0.164. The van der Waals surface area contributed by atoms with Crippen molar-refractivity contribution in [3.63, 3.8) is 0 Å². The van der Waals surface area contributed by atoms with E-state index in [4.69, 9.17) is 0 Å².